The molecule has 0 amide bonds. The number of aromatic nitrogens is 1. The molecule has 3 rings (SSSR count). The molecule has 1 aromatic carbocycles. The summed E-state index contributed by atoms with van der Waals surface area (Å²) in [4.78, 5) is 4.39. The molecule has 0 aliphatic carbocycles. The maximum Gasteiger partial charge on any atom is 0.0705 e. The highest BCUT2D eigenvalue weighted by Gasteiger charge is 2.02. The Hall–Kier alpha value is -1.71. The van der Waals surface area contributed by atoms with Crippen LogP contribution >= 0.6 is 11.3 Å². The number of para-hydroxylation sites is 1. The largest absolute Gasteiger partial charge is 0.309 e. The van der Waals surface area contributed by atoms with Crippen molar-refractivity contribution in [2.45, 2.75) is 20.0 Å². The summed E-state index contributed by atoms with van der Waals surface area (Å²) in [6, 6.07) is 10.4. The van der Waals surface area contributed by atoms with Crippen LogP contribution in [0.25, 0.3) is 10.9 Å². The lowest BCUT2D eigenvalue weighted by molar-refractivity contribution is 0.695. The van der Waals surface area contributed by atoms with E-state index in [0.717, 1.165) is 18.6 Å². The number of aryl methyl sites for hydroxylation is 1. The van der Waals surface area contributed by atoms with Crippen LogP contribution in [-0.2, 0) is 13.1 Å². The fourth-order valence-electron chi connectivity index (χ4n) is 2.21. The fourth-order valence-corrected chi connectivity index (χ4v) is 3.07. The number of hydrogen-bond acceptors (Lipinski definition) is 3. The molecule has 3 heteroatoms. The molecular formula is C16H16N2S. The summed E-state index contributed by atoms with van der Waals surface area (Å²) in [5, 5.41) is 9.16. The van der Waals surface area contributed by atoms with Crippen molar-refractivity contribution < 1.29 is 0 Å². The van der Waals surface area contributed by atoms with E-state index in [0.29, 0.717) is 0 Å². The zero-order valence-electron chi connectivity index (χ0n) is 10.9. The van der Waals surface area contributed by atoms with E-state index in [-0.39, 0.29) is 0 Å². The van der Waals surface area contributed by atoms with E-state index in [1.54, 1.807) is 11.3 Å². The van der Waals surface area contributed by atoms with Crippen molar-refractivity contribution in [3.8, 4) is 0 Å². The fraction of sp³-hybridized carbons (Fsp3) is 0.188. The van der Waals surface area contributed by atoms with Crippen LogP contribution in [0.3, 0.4) is 0 Å². The molecule has 2 nitrogen and oxygen atoms in total. The lowest BCUT2D eigenvalue weighted by Crippen LogP contribution is -2.13. The molecule has 0 fully saturated rings. The van der Waals surface area contributed by atoms with Crippen molar-refractivity contribution in [2.24, 2.45) is 0 Å². The lowest BCUT2D eigenvalue weighted by Gasteiger charge is -2.07. The molecule has 0 unspecified atom stereocenters. The van der Waals surface area contributed by atoms with Gasteiger partial charge in [0.05, 0.1) is 5.52 Å². The van der Waals surface area contributed by atoms with Crippen LogP contribution in [0.2, 0.25) is 0 Å². The van der Waals surface area contributed by atoms with E-state index in [1.165, 1.54) is 22.1 Å². The Bertz CT molecular complexity index is 683. The minimum absolute atomic E-state index is 0.873. The molecule has 2 heterocycles. The average molecular weight is 268 g/mol. The number of pyridine rings is 1. The van der Waals surface area contributed by atoms with Crippen LogP contribution in [0, 0.1) is 6.92 Å². The second kappa shape index (κ2) is 5.51. The van der Waals surface area contributed by atoms with Crippen LogP contribution in [0.15, 0.2) is 47.3 Å². The van der Waals surface area contributed by atoms with Gasteiger partial charge in [-0.25, -0.2) is 0 Å². The highest BCUT2D eigenvalue weighted by molar-refractivity contribution is 7.08. The van der Waals surface area contributed by atoms with Crippen molar-refractivity contribution in [1.82, 2.24) is 10.3 Å². The third-order valence-corrected chi connectivity index (χ3v) is 4.24. The van der Waals surface area contributed by atoms with Gasteiger partial charge < -0.3 is 5.32 Å². The number of nitrogens with zero attached hydrogens (tertiary/aromatic N) is 1. The molecule has 19 heavy (non-hydrogen) atoms. The standard InChI is InChI=1S/C16H16N2S/c1-12-10-19-11-14(12)9-17-8-13-6-7-18-16-5-3-2-4-15(13)16/h2-7,10-11,17H,8-9H2,1H3. The Balaban J connectivity index is 1.74. The van der Waals surface area contributed by atoms with E-state index in [2.05, 4.69) is 52.3 Å². The van der Waals surface area contributed by atoms with Gasteiger partial charge in [-0.1, -0.05) is 18.2 Å². The Kier molecular flexibility index (Phi) is 3.58. The summed E-state index contributed by atoms with van der Waals surface area (Å²) in [6.45, 7) is 3.96. The summed E-state index contributed by atoms with van der Waals surface area (Å²) in [5.74, 6) is 0. The second-order valence-electron chi connectivity index (χ2n) is 4.67. The highest BCUT2D eigenvalue weighted by atomic mass is 32.1. The van der Waals surface area contributed by atoms with Crippen molar-refractivity contribution in [2.75, 3.05) is 0 Å². The quantitative estimate of drug-likeness (QED) is 0.776. The van der Waals surface area contributed by atoms with Crippen molar-refractivity contribution in [3.05, 3.63) is 64.0 Å². The summed E-state index contributed by atoms with van der Waals surface area (Å²) < 4.78 is 0. The minimum Gasteiger partial charge on any atom is -0.309 e. The number of thiophene rings is 1. The van der Waals surface area contributed by atoms with Gasteiger partial charge in [-0.05, 0) is 46.5 Å². The number of nitrogens with one attached hydrogen (secondary N) is 1. The molecule has 0 atom stereocenters. The molecule has 0 spiro atoms. The monoisotopic (exact) mass is 268 g/mol. The Morgan fingerprint density at radius 2 is 1.89 bits per heavy atom. The topological polar surface area (TPSA) is 24.9 Å². The van der Waals surface area contributed by atoms with Gasteiger partial charge in [-0.2, -0.15) is 11.3 Å². The Morgan fingerprint density at radius 3 is 2.74 bits per heavy atom. The number of benzene rings is 1. The van der Waals surface area contributed by atoms with Gasteiger partial charge in [0.1, 0.15) is 0 Å². The predicted molar refractivity (Wildman–Crippen MR) is 81.3 cm³/mol. The molecule has 2 aromatic heterocycles. The number of rotatable bonds is 4. The number of hydrogen-bond donors (Lipinski definition) is 1. The maximum atomic E-state index is 4.39. The van der Waals surface area contributed by atoms with Gasteiger partial charge in [0, 0.05) is 24.7 Å². The molecule has 0 aliphatic rings. The molecule has 1 N–H and O–H groups in total. The van der Waals surface area contributed by atoms with Crippen LogP contribution in [-0.4, -0.2) is 4.98 Å². The van der Waals surface area contributed by atoms with Crippen LogP contribution in [0.5, 0.6) is 0 Å². The third-order valence-electron chi connectivity index (χ3n) is 3.33. The van der Waals surface area contributed by atoms with Crippen molar-refractivity contribution >= 4 is 22.2 Å². The highest BCUT2D eigenvalue weighted by Crippen LogP contribution is 2.17. The first-order chi connectivity index (χ1) is 9.34. The van der Waals surface area contributed by atoms with Crippen LogP contribution < -0.4 is 5.32 Å². The van der Waals surface area contributed by atoms with E-state index in [9.17, 15) is 0 Å². The molecule has 0 aliphatic heterocycles. The Labute approximate surface area is 117 Å². The molecule has 96 valence electrons. The Morgan fingerprint density at radius 1 is 1.05 bits per heavy atom. The van der Waals surface area contributed by atoms with Gasteiger partial charge in [0.25, 0.3) is 0 Å². The van der Waals surface area contributed by atoms with Gasteiger partial charge in [0.2, 0.25) is 0 Å². The molecule has 0 saturated carbocycles. The van der Waals surface area contributed by atoms with Crippen LogP contribution in [0.4, 0.5) is 0 Å². The summed E-state index contributed by atoms with van der Waals surface area (Å²) >= 11 is 1.77. The zero-order chi connectivity index (χ0) is 13.1. The SMILES string of the molecule is Cc1cscc1CNCc1ccnc2ccccc12. The first kappa shape index (κ1) is 12.3. The van der Waals surface area contributed by atoms with Gasteiger partial charge in [0.15, 0.2) is 0 Å². The van der Waals surface area contributed by atoms with Gasteiger partial charge in [-0.15, -0.1) is 0 Å². The van der Waals surface area contributed by atoms with Crippen LogP contribution in [0.1, 0.15) is 16.7 Å². The van der Waals surface area contributed by atoms with Gasteiger partial charge in [-0.3, -0.25) is 4.98 Å². The molecule has 0 radical (unpaired) electrons. The summed E-state index contributed by atoms with van der Waals surface area (Å²) in [7, 11) is 0. The van der Waals surface area contributed by atoms with E-state index < -0.39 is 0 Å². The third kappa shape index (κ3) is 2.67. The molecular weight excluding hydrogens is 252 g/mol. The minimum atomic E-state index is 0.873. The van der Waals surface area contributed by atoms with E-state index in [1.807, 2.05) is 12.3 Å². The molecule has 0 saturated heterocycles. The van der Waals surface area contributed by atoms with E-state index in [4.69, 9.17) is 0 Å². The van der Waals surface area contributed by atoms with Crippen molar-refractivity contribution in [1.29, 1.82) is 0 Å². The molecule has 3 aromatic rings. The smallest absolute Gasteiger partial charge is 0.0705 e. The zero-order valence-corrected chi connectivity index (χ0v) is 11.7. The van der Waals surface area contributed by atoms with Crippen molar-refractivity contribution in [3.63, 3.8) is 0 Å². The van der Waals surface area contributed by atoms with Gasteiger partial charge >= 0.3 is 0 Å². The average Bonchev–Trinajstić information content (AvgIpc) is 2.85. The summed E-state index contributed by atoms with van der Waals surface area (Å²) in [6.07, 6.45) is 1.88. The second-order valence-corrected chi connectivity index (χ2v) is 5.41. The molecule has 0 bridgehead atoms. The summed E-state index contributed by atoms with van der Waals surface area (Å²) in [5.41, 5.74) is 5.13. The normalized spacial score (nSPS) is 11.0. The van der Waals surface area contributed by atoms with E-state index >= 15 is 0 Å². The predicted octanol–water partition coefficient (Wildman–Crippen LogP) is 3.89. The first-order valence-electron chi connectivity index (χ1n) is 6.39. The first-order valence-corrected chi connectivity index (χ1v) is 7.34. The number of fused-ring (bicyclic) bond motifs is 1. The lowest BCUT2D eigenvalue weighted by atomic mass is 10.1. The maximum absolute atomic E-state index is 4.39.